The lowest BCUT2D eigenvalue weighted by Crippen LogP contribution is -2.31. The van der Waals surface area contributed by atoms with E-state index in [0.29, 0.717) is 0 Å². The van der Waals surface area contributed by atoms with Crippen molar-refractivity contribution in [2.24, 2.45) is 5.73 Å². The molecule has 0 bridgehead atoms. The summed E-state index contributed by atoms with van der Waals surface area (Å²) in [4.78, 5) is 2.34. The highest BCUT2D eigenvalue weighted by Gasteiger charge is 2.08. The third-order valence-corrected chi connectivity index (χ3v) is 3.48. The Bertz CT molecular complexity index is 367. The molecule has 0 saturated carbocycles. The van der Waals surface area contributed by atoms with Gasteiger partial charge in [-0.3, -0.25) is 0 Å². The summed E-state index contributed by atoms with van der Waals surface area (Å²) in [5.41, 5.74) is 7.08. The van der Waals surface area contributed by atoms with Gasteiger partial charge >= 0.3 is 0 Å². The van der Waals surface area contributed by atoms with Crippen LogP contribution in [0.2, 0.25) is 5.02 Å². The van der Waals surface area contributed by atoms with Crippen molar-refractivity contribution < 1.29 is 4.39 Å². The van der Waals surface area contributed by atoms with Crippen molar-refractivity contribution in [3.63, 3.8) is 0 Å². The molecule has 4 heteroatoms. The highest BCUT2D eigenvalue weighted by atomic mass is 35.5. The fourth-order valence-corrected chi connectivity index (χ4v) is 2.16. The van der Waals surface area contributed by atoms with Gasteiger partial charge < -0.3 is 10.6 Å². The van der Waals surface area contributed by atoms with Crippen LogP contribution in [0.1, 0.15) is 25.8 Å². The molecule has 0 heterocycles. The Morgan fingerprint density at radius 3 is 2.56 bits per heavy atom. The maximum atomic E-state index is 13.0. The Morgan fingerprint density at radius 2 is 2.00 bits per heavy atom. The lowest BCUT2D eigenvalue weighted by molar-refractivity contribution is 0.290. The Balaban J connectivity index is 2.44. The molecule has 0 saturated heterocycles. The van der Waals surface area contributed by atoms with E-state index in [1.165, 1.54) is 6.07 Å². The summed E-state index contributed by atoms with van der Waals surface area (Å²) in [5.74, 6) is -0.378. The number of halogens is 2. The van der Waals surface area contributed by atoms with E-state index >= 15 is 0 Å². The van der Waals surface area contributed by atoms with Crippen LogP contribution in [0, 0.1) is 5.82 Å². The standard InChI is InChI=1S/C14H22ClFN2/c1-3-18(4-2)8-7-12(17)9-11-5-6-14(16)13(15)10-11/h5-6,10,12H,3-4,7-9,17H2,1-2H3. The molecule has 0 radical (unpaired) electrons. The number of hydrogen-bond acceptors (Lipinski definition) is 2. The molecule has 18 heavy (non-hydrogen) atoms. The average Bonchev–Trinajstić information content (AvgIpc) is 2.35. The summed E-state index contributed by atoms with van der Waals surface area (Å²) in [6.45, 7) is 7.39. The van der Waals surface area contributed by atoms with E-state index in [9.17, 15) is 4.39 Å². The zero-order valence-corrected chi connectivity index (χ0v) is 11.9. The van der Waals surface area contributed by atoms with Gasteiger partial charge in [0.2, 0.25) is 0 Å². The van der Waals surface area contributed by atoms with Crippen LogP contribution in [0.15, 0.2) is 18.2 Å². The van der Waals surface area contributed by atoms with E-state index < -0.39 is 0 Å². The molecule has 102 valence electrons. The maximum Gasteiger partial charge on any atom is 0.141 e. The maximum absolute atomic E-state index is 13.0. The highest BCUT2D eigenvalue weighted by Crippen LogP contribution is 2.17. The van der Waals surface area contributed by atoms with E-state index in [4.69, 9.17) is 17.3 Å². The summed E-state index contributed by atoms with van der Waals surface area (Å²) >= 11 is 5.75. The fraction of sp³-hybridized carbons (Fsp3) is 0.571. The molecule has 1 aromatic carbocycles. The third-order valence-electron chi connectivity index (χ3n) is 3.19. The van der Waals surface area contributed by atoms with Gasteiger partial charge in [-0.25, -0.2) is 4.39 Å². The average molecular weight is 273 g/mol. The van der Waals surface area contributed by atoms with Crippen LogP contribution < -0.4 is 5.73 Å². The Labute approximate surface area is 114 Å². The van der Waals surface area contributed by atoms with Gasteiger partial charge in [0.25, 0.3) is 0 Å². The molecule has 0 aliphatic heterocycles. The van der Waals surface area contributed by atoms with Gasteiger partial charge in [0, 0.05) is 6.04 Å². The molecule has 0 amide bonds. The quantitative estimate of drug-likeness (QED) is 0.827. The number of benzene rings is 1. The molecule has 1 aromatic rings. The summed E-state index contributed by atoms with van der Waals surface area (Å²) < 4.78 is 13.0. The topological polar surface area (TPSA) is 29.3 Å². The van der Waals surface area contributed by atoms with Crippen molar-refractivity contribution in [1.82, 2.24) is 4.90 Å². The molecule has 1 unspecified atom stereocenters. The number of nitrogens with two attached hydrogens (primary N) is 1. The molecule has 2 nitrogen and oxygen atoms in total. The Kier molecular flexibility index (Phi) is 6.61. The molecular formula is C14H22ClFN2. The lowest BCUT2D eigenvalue weighted by atomic mass is 10.0. The Morgan fingerprint density at radius 1 is 1.33 bits per heavy atom. The normalized spacial score (nSPS) is 13.0. The highest BCUT2D eigenvalue weighted by molar-refractivity contribution is 6.30. The van der Waals surface area contributed by atoms with Crippen molar-refractivity contribution >= 4 is 11.6 Å². The van der Waals surface area contributed by atoms with Gasteiger partial charge in [-0.15, -0.1) is 0 Å². The van der Waals surface area contributed by atoms with Crippen molar-refractivity contribution in [2.45, 2.75) is 32.7 Å². The van der Waals surface area contributed by atoms with Gasteiger partial charge in [0.15, 0.2) is 0 Å². The van der Waals surface area contributed by atoms with Crippen LogP contribution in [0.4, 0.5) is 4.39 Å². The first-order chi connectivity index (χ1) is 8.56. The van der Waals surface area contributed by atoms with Gasteiger partial charge in [-0.2, -0.15) is 0 Å². The predicted molar refractivity (Wildman–Crippen MR) is 75.5 cm³/mol. The van der Waals surface area contributed by atoms with Crippen LogP contribution in [0.3, 0.4) is 0 Å². The molecule has 0 aliphatic carbocycles. The number of rotatable bonds is 7. The van der Waals surface area contributed by atoms with E-state index in [1.54, 1.807) is 12.1 Å². The molecule has 0 fully saturated rings. The summed E-state index contributed by atoms with van der Waals surface area (Å²) in [7, 11) is 0. The minimum Gasteiger partial charge on any atom is -0.327 e. The smallest absolute Gasteiger partial charge is 0.141 e. The van der Waals surface area contributed by atoms with Gasteiger partial charge in [-0.05, 0) is 50.2 Å². The summed E-state index contributed by atoms with van der Waals surface area (Å²) in [6.07, 6.45) is 1.68. The van der Waals surface area contributed by atoms with Crippen LogP contribution in [0.25, 0.3) is 0 Å². The Hall–Kier alpha value is -0.640. The molecular weight excluding hydrogens is 251 g/mol. The first-order valence-electron chi connectivity index (χ1n) is 6.48. The minimum atomic E-state index is -0.378. The van der Waals surface area contributed by atoms with E-state index in [0.717, 1.165) is 38.0 Å². The summed E-state index contributed by atoms with van der Waals surface area (Å²) in [6, 6.07) is 4.90. The monoisotopic (exact) mass is 272 g/mol. The van der Waals surface area contributed by atoms with E-state index in [2.05, 4.69) is 18.7 Å². The SMILES string of the molecule is CCN(CC)CCC(N)Cc1ccc(F)c(Cl)c1. The second kappa shape index (κ2) is 7.72. The largest absolute Gasteiger partial charge is 0.327 e. The molecule has 1 rings (SSSR count). The second-order valence-corrected chi connectivity index (χ2v) is 4.94. The van der Waals surface area contributed by atoms with E-state index in [-0.39, 0.29) is 16.9 Å². The molecule has 0 aliphatic rings. The zero-order chi connectivity index (χ0) is 13.5. The first kappa shape index (κ1) is 15.4. The minimum absolute atomic E-state index is 0.0899. The third kappa shape index (κ3) is 4.92. The van der Waals surface area contributed by atoms with Crippen LogP contribution >= 0.6 is 11.6 Å². The van der Waals surface area contributed by atoms with Gasteiger partial charge in [0.1, 0.15) is 5.82 Å². The van der Waals surface area contributed by atoms with Gasteiger partial charge in [0.05, 0.1) is 5.02 Å². The number of hydrogen-bond donors (Lipinski definition) is 1. The fourth-order valence-electron chi connectivity index (χ4n) is 1.96. The first-order valence-corrected chi connectivity index (χ1v) is 6.86. The van der Waals surface area contributed by atoms with E-state index in [1.807, 2.05) is 0 Å². The number of nitrogens with zero attached hydrogens (tertiary/aromatic N) is 1. The second-order valence-electron chi connectivity index (χ2n) is 4.53. The van der Waals surface area contributed by atoms with Gasteiger partial charge in [-0.1, -0.05) is 31.5 Å². The molecule has 0 aromatic heterocycles. The molecule has 0 spiro atoms. The van der Waals surface area contributed by atoms with Crippen molar-refractivity contribution in [3.05, 3.63) is 34.6 Å². The van der Waals surface area contributed by atoms with Crippen molar-refractivity contribution in [2.75, 3.05) is 19.6 Å². The molecule has 2 N–H and O–H groups in total. The van der Waals surface area contributed by atoms with Crippen molar-refractivity contribution in [1.29, 1.82) is 0 Å². The van der Waals surface area contributed by atoms with Crippen LogP contribution in [-0.2, 0) is 6.42 Å². The molecule has 1 atom stereocenters. The zero-order valence-electron chi connectivity index (χ0n) is 11.1. The predicted octanol–water partition coefficient (Wildman–Crippen LogP) is 3.08. The van der Waals surface area contributed by atoms with Crippen LogP contribution in [0.5, 0.6) is 0 Å². The van der Waals surface area contributed by atoms with Crippen molar-refractivity contribution in [3.8, 4) is 0 Å². The summed E-state index contributed by atoms with van der Waals surface area (Å²) in [5, 5.41) is 0.170. The lowest BCUT2D eigenvalue weighted by Gasteiger charge is -2.20. The van der Waals surface area contributed by atoms with Crippen LogP contribution in [-0.4, -0.2) is 30.6 Å².